The zero-order chi connectivity index (χ0) is 24.8. The van der Waals surface area contributed by atoms with Gasteiger partial charge in [-0.15, -0.1) is 0 Å². The van der Waals surface area contributed by atoms with Gasteiger partial charge in [0.1, 0.15) is 23.2 Å². The van der Waals surface area contributed by atoms with Gasteiger partial charge in [-0.05, 0) is 35.6 Å². The van der Waals surface area contributed by atoms with E-state index in [0.717, 1.165) is 47.1 Å². The molecule has 0 saturated heterocycles. The highest BCUT2D eigenvalue weighted by atomic mass is 16.4. The number of unbranched alkanes of at least 4 members (excludes halogenated alkanes) is 2. The molecule has 180 valence electrons. The lowest BCUT2D eigenvalue weighted by molar-refractivity contribution is -0.137. The van der Waals surface area contributed by atoms with Crippen molar-refractivity contribution in [3.8, 4) is 0 Å². The summed E-state index contributed by atoms with van der Waals surface area (Å²) in [5.41, 5.74) is 0.539. The number of carboxylic acids is 1. The Bertz CT molecular complexity index is 1390. The minimum Gasteiger partial charge on any atom is -0.480 e. The average Bonchev–Trinajstić information content (AvgIpc) is 2.88. The van der Waals surface area contributed by atoms with E-state index < -0.39 is 22.9 Å². The van der Waals surface area contributed by atoms with Crippen LogP contribution in [0.3, 0.4) is 0 Å². The predicted octanol–water partition coefficient (Wildman–Crippen LogP) is 4.28. The lowest BCUT2D eigenvalue weighted by Gasteiger charge is -2.20. The van der Waals surface area contributed by atoms with Gasteiger partial charge in [0.15, 0.2) is 0 Å². The van der Waals surface area contributed by atoms with Crippen molar-refractivity contribution in [2.45, 2.75) is 38.6 Å². The highest BCUT2D eigenvalue weighted by Gasteiger charge is 2.26. The molecule has 4 aromatic rings. The summed E-state index contributed by atoms with van der Waals surface area (Å²) in [6.07, 6.45) is 4.80. The molecule has 0 fully saturated rings. The van der Waals surface area contributed by atoms with Crippen LogP contribution in [0.1, 0.15) is 31.7 Å². The fourth-order valence-electron chi connectivity index (χ4n) is 3.98. The van der Waals surface area contributed by atoms with E-state index in [1.165, 1.54) is 0 Å². The van der Waals surface area contributed by atoms with Crippen molar-refractivity contribution < 1.29 is 9.90 Å². The van der Waals surface area contributed by atoms with E-state index in [1.54, 1.807) is 6.20 Å². The smallest absolute Gasteiger partial charge is 0.326 e. The quantitative estimate of drug-likeness (QED) is 0.178. The van der Waals surface area contributed by atoms with Gasteiger partial charge >= 0.3 is 5.97 Å². The van der Waals surface area contributed by atoms with Crippen molar-refractivity contribution in [2.24, 2.45) is 0 Å². The standard InChI is InChI=1S/C27H28N4O4/c1-2-3-6-14-28-22-23(25(33)24(22)32)31-21(27(34)35)16-17-9-11-19(12-10-17)30-26-20-8-5-4-7-18(20)13-15-29-26/h4-5,7-13,15,21,28,31H,2-3,6,14,16H2,1H3,(H,29,30)(H,34,35)/t21-/m0/s1. The number of pyridine rings is 1. The van der Waals surface area contributed by atoms with Crippen LogP contribution >= 0.6 is 0 Å². The van der Waals surface area contributed by atoms with Crippen LogP contribution in [-0.4, -0.2) is 28.6 Å². The van der Waals surface area contributed by atoms with Gasteiger partial charge in [0.2, 0.25) is 0 Å². The molecule has 8 nitrogen and oxygen atoms in total. The summed E-state index contributed by atoms with van der Waals surface area (Å²) < 4.78 is 0. The molecule has 0 aliphatic rings. The van der Waals surface area contributed by atoms with Crippen molar-refractivity contribution in [3.05, 3.63) is 86.8 Å². The zero-order valence-electron chi connectivity index (χ0n) is 19.5. The lowest BCUT2D eigenvalue weighted by atomic mass is 10.0. The maximum absolute atomic E-state index is 12.1. The topological polar surface area (TPSA) is 120 Å². The highest BCUT2D eigenvalue weighted by molar-refractivity contribution is 5.93. The van der Waals surface area contributed by atoms with Crippen LogP contribution in [0.2, 0.25) is 0 Å². The summed E-state index contributed by atoms with van der Waals surface area (Å²) in [5, 5.41) is 20.8. The van der Waals surface area contributed by atoms with Gasteiger partial charge in [-0.3, -0.25) is 9.59 Å². The SMILES string of the molecule is CCCCCNc1c(N[C@@H](Cc2ccc(Nc3nccc4ccccc34)cc2)C(=O)O)c(=O)c1=O. The van der Waals surface area contributed by atoms with Crippen molar-refractivity contribution in [3.63, 3.8) is 0 Å². The van der Waals surface area contributed by atoms with E-state index >= 15 is 0 Å². The minimum absolute atomic E-state index is 0.0548. The first-order valence-corrected chi connectivity index (χ1v) is 11.7. The first-order chi connectivity index (χ1) is 17.0. The third-order valence-corrected chi connectivity index (χ3v) is 5.94. The van der Waals surface area contributed by atoms with Crippen molar-refractivity contribution in [2.75, 3.05) is 22.5 Å². The van der Waals surface area contributed by atoms with Crippen LogP contribution in [0.15, 0.2) is 70.4 Å². The third kappa shape index (κ3) is 5.48. The molecule has 0 saturated carbocycles. The summed E-state index contributed by atoms with van der Waals surface area (Å²) in [7, 11) is 0. The summed E-state index contributed by atoms with van der Waals surface area (Å²) in [5.74, 6) is -0.364. The fourth-order valence-corrected chi connectivity index (χ4v) is 3.98. The van der Waals surface area contributed by atoms with Crippen molar-refractivity contribution >= 4 is 39.6 Å². The van der Waals surface area contributed by atoms with Gasteiger partial charge in [-0.25, -0.2) is 9.78 Å². The van der Waals surface area contributed by atoms with Gasteiger partial charge < -0.3 is 21.1 Å². The number of aromatic nitrogens is 1. The molecule has 0 bridgehead atoms. The number of carbonyl (C=O) groups is 1. The Hall–Kier alpha value is -4.20. The predicted molar refractivity (Wildman–Crippen MR) is 140 cm³/mol. The van der Waals surface area contributed by atoms with Crippen LogP contribution in [0.5, 0.6) is 0 Å². The van der Waals surface area contributed by atoms with Gasteiger partial charge in [-0.1, -0.05) is 56.2 Å². The van der Waals surface area contributed by atoms with Crippen molar-refractivity contribution in [1.29, 1.82) is 0 Å². The number of anilines is 4. The normalized spacial score (nSPS) is 11.9. The van der Waals surface area contributed by atoms with E-state index in [0.29, 0.717) is 6.54 Å². The number of nitrogens with one attached hydrogen (secondary N) is 3. The summed E-state index contributed by atoms with van der Waals surface area (Å²) in [6, 6.07) is 16.2. The number of benzene rings is 2. The monoisotopic (exact) mass is 472 g/mol. The van der Waals surface area contributed by atoms with Gasteiger partial charge in [0.25, 0.3) is 10.9 Å². The summed E-state index contributed by atoms with van der Waals surface area (Å²) >= 11 is 0. The van der Waals surface area contributed by atoms with Crippen LogP contribution in [-0.2, 0) is 11.2 Å². The molecule has 3 aromatic carbocycles. The molecule has 1 atom stereocenters. The van der Waals surface area contributed by atoms with Gasteiger partial charge in [0.05, 0.1) is 0 Å². The van der Waals surface area contributed by atoms with Crippen LogP contribution < -0.4 is 26.8 Å². The number of hydrogen-bond acceptors (Lipinski definition) is 7. The second kappa shape index (κ2) is 10.8. The molecule has 4 rings (SSSR count). The number of fused-ring (bicyclic) bond motifs is 1. The summed E-state index contributed by atoms with van der Waals surface area (Å²) in [4.78, 5) is 40.3. The molecular weight excluding hydrogens is 444 g/mol. The van der Waals surface area contributed by atoms with E-state index in [9.17, 15) is 19.5 Å². The molecule has 1 heterocycles. The zero-order valence-corrected chi connectivity index (χ0v) is 19.5. The molecule has 0 aliphatic heterocycles. The fraction of sp³-hybridized carbons (Fsp3) is 0.259. The van der Waals surface area contributed by atoms with E-state index in [1.807, 2.05) is 54.6 Å². The number of rotatable bonds is 12. The van der Waals surface area contributed by atoms with Crippen LogP contribution in [0.25, 0.3) is 10.8 Å². The van der Waals surface area contributed by atoms with Gasteiger partial charge in [0, 0.05) is 30.2 Å². The number of nitrogens with zero attached hydrogens (tertiary/aromatic N) is 1. The highest BCUT2D eigenvalue weighted by Crippen LogP contribution is 2.24. The van der Waals surface area contributed by atoms with Crippen LogP contribution in [0.4, 0.5) is 22.9 Å². The Kier molecular flexibility index (Phi) is 7.40. The first-order valence-electron chi connectivity index (χ1n) is 11.7. The maximum Gasteiger partial charge on any atom is 0.326 e. The Morgan fingerprint density at radius 1 is 0.971 bits per heavy atom. The molecule has 4 N–H and O–H groups in total. The number of carboxylic acid groups (broad SMARTS) is 1. The first kappa shape index (κ1) is 23.9. The average molecular weight is 473 g/mol. The Balaban J connectivity index is 1.43. The molecular formula is C27H28N4O4. The van der Waals surface area contributed by atoms with Crippen molar-refractivity contribution in [1.82, 2.24) is 4.98 Å². The third-order valence-electron chi connectivity index (χ3n) is 5.94. The molecule has 0 amide bonds. The second-order valence-electron chi connectivity index (χ2n) is 8.48. The molecule has 35 heavy (non-hydrogen) atoms. The molecule has 0 spiro atoms. The minimum atomic E-state index is -1.10. The molecule has 1 aromatic heterocycles. The summed E-state index contributed by atoms with van der Waals surface area (Å²) in [6.45, 7) is 2.63. The van der Waals surface area contributed by atoms with Gasteiger partial charge in [-0.2, -0.15) is 0 Å². The van der Waals surface area contributed by atoms with Crippen LogP contribution in [0, 0.1) is 0 Å². The Morgan fingerprint density at radius 2 is 1.71 bits per heavy atom. The molecule has 0 radical (unpaired) electrons. The number of hydrogen-bond donors (Lipinski definition) is 4. The van der Waals surface area contributed by atoms with E-state index in [4.69, 9.17) is 0 Å². The van der Waals surface area contributed by atoms with E-state index in [2.05, 4.69) is 27.9 Å². The van der Waals surface area contributed by atoms with E-state index in [-0.39, 0.29) is 17.8 Å². The second-order valence-corrected chi connectivity index (χ2v) is 8.48. The largest absolute Gasteiger partial charge is 0.480 e. The molecule has 8 heteroatoms. The molecule has 0 aliphatic carbocycles. The lowest BCUT2D eigenvalue weighted by Crippen LogP contribution is -2.42. The maximum atomic E-state index is 12.1. The Morgan fingerprint density at radius 3 is 2.46 bits per heavy atom. The molecule has 0 unspecified atom stereocenters. The Labute approximate surface area is 202 Å². The number of aliphatic carboxylic acids is 1.